The molecule has 0 radical (unpaired) electrons. The van der Waals surface area contributed by atoms with Crippen molar-refractivity contribution in [3.63, 3.8) is 0 Å². The van der Waals surface area contributed by atoms with Crippen LogP contribution in [0.5, 0.6) is 0 Å². The van der Waals surface area contributed by atoms with Gasteiger partial charge in [-0.1, -0.05) is 0 Å². The highest BCUT2D eigenvalue weighted by molar-refractivity contribution is 5.42. The molecule has 0 spiro atoms. The molecule has 1 aliphatic heterocycles. The lowest BCUT2D eigenvalue weighted by Crippen LogP contribution is -2.17. The second kappa shape index (κ2) is 4.96. The molecule has 0 amide bonds. The zero-order valence-corrected chi connectivity index (χ0v) is 10.9. The van der Waals surface area contributed by atoms with Crippen LogP contribution in [0.15, 0.2) is 24.4 Å². The molecule has 0 bridgehead atoms. The molecule has 0 fully saturated rings. The van der Waals surface area contributed by atoms with Gasteiger partial charge in [-0.25, -0.2) is 9.07 Å². The second-order valence-corrected chi connectivity index (χ2v) is 4.74. The number of halogens is 1. The van der Waals surface area contributed by atoms with Crippen LogP contribution < -0.4 is 0 Å². The van der Waals surface area contributed by atoms with Crippen molar-refractivity contribution in [2.24, 2.45) is 0 Å². The highest BCUT2D eigenvalue weighted by atomic mass is 19.1. The van der Waals surface area contributed by atoms with E-state index in [4.69, 9.17) is 5.26 Å². The van der Waals surface area contributed by atoms with Crippen LogP contribution in [0.3, 0.4) is 0 Å². The monoisotopic (exact) mass is 287 g/mol. The van der Waals surface area contributed by atoms with Gasteiger partial charge in [0.2, 0.25) is 0 Å². The number of nitro benzene ring substituents is 1. The average Bonchev–Trinajstić information content (AvgIpc) is 2.96. The fourth-order valence-electron chi connectivity index (χ4n) is 2.35. The molecule has 7 nitrogen and oxygen atoms in total. The van der Waals surface area contributed by atoms with E-state index in [1.807, 2.05) is 4.90 Å². The van der Waals surface area contributed by atoms with Crippen molar-refractivity contribution in [2.75, 3.05) is 6.54 Å². The Morgan fingerprint density at radius 1 is 1.48 bits per heavy atom. The molecular weight excluding hydrogens is 277 g/mol. The van der Waals surface area contributed by atoms with Crippen LogP contribution in [0, 0.1) is 27.3 Å². The standard InChI is InChI=1S/C13H10FN5O2/c14-11-5-10(19(20)21)1-2-13(11)18-7-9-6-17(4-3-15)8-12(9)16-18/h1-2,5,7H,4,6,8H2. The van der Waals surface area contributed by atoms with Crippen LogP contribution in [0.2, 0.25) is 0 Å². The normalized spacial score (nSPS) is 13.9. The summed E-state index contributed by atoms with van der Waals surface area (Å²) < 4.78 is 15.3. The van der Waals surface area contributed by atoms with Gasteiger partial charge in [-0.15, -0.1) is 0 Å². The maximum atomic E-state index is 13.9. The van der Waals surface area contributed by atoms with E-state index in [2.05, 4.69) is 11.2 Å². The topological polar surface area (TPSA) is 88.0 Å². The van der Waals surface area contributed by atoms with Crippen molar-refractivity contribution in [2.45, 2.75) is 13.1 Å². The van der Waals surface area contributed by atoms with Gasteiger partial charge in [-0.2, -0.15) is 10.4 Å². The predicted molar refractivity (Wildman–Crippen MR) is 69.9 cm³/mol. The highest BCUT2D eigenvalue weighted by Gasteiger charge is 2.23. The van der Waals surface area contributed by atoms with E-state index in [1.54, 1.807) is 6.20 Å². The molecule has 21 heavy (non-hydrogen) atoms. The van der Waals surface area contributed by atoms with Crippen molar-refractivity contribution in [3.05, 3.63) is 51.6 Å². The summed E-state index contributed by atoms with van der Waals surface area (Å²) in [7, 11) is 0. The smallest absolute Gasteiger partial charge is 0.272 e. The summed E-state index contributed by atoms with van der Waals surface area (Å²) in [6.07, 6.45) is 1.69. The Labute approximate surface area is 119 Å². The van der Waals surface area contributed by atoms with E-state index in [0.717, 1.165) is 17.3 Å². The largest absolute Gasteiger partial charge is 0.280 e. The summed E-state index contributed by atoms with van der Waals surface area (Å²) >= 11 is 0. The number of hydrogen-bond donors (Lipinski definition) is 0. The lowest BCUT2D eigenvalue weighted by molar-refractivity contribution is -0.385. The minimum absolute atomic E-state index is 0.168. The molecule has 3 rings (SSSR count). The first-order chi connectivity index (χ1) is 10.1. The Morgan fingerprint density at radius 3 is 2.90 bits per heavy atom. The first kappa shape index (κ1) is 13.2. The molecule has 1 aromatic heterocycles. The number of nitro groups is 1. The Balaban J connectivity index is 1.89. The maximum absolute atomic E-state index is 13.9. The lowest BCUT2D eigenvalue weighted by atomic mass is 10.2. The summed E-state index contributed by atoms with van der Waals surface area (Å²) in [5, 5.41) is 23.5. The van der Waals surface area contributed by atoms with Gasteiger partial charge in [0, 0.05) is 30.9 Å². The van der Waals surface area contributed by atoms with E-state index in [0.29, 0.717) is 19.6 Å². The number of hydrogen-bond acceptors (Lipinski definition) is 5. The lowest BCUT2D eigenvalue weighted by Gasteiger charge is -2.09. The second-order valence-electron chi connectivity index (χ2n) is 4.74. The molecule has 1 aromatic carbocycles. The van der Waals surface area contributed by atoms with Crippen molar-refractivity contribution in [1.29, 1.82) is 5.26 Å². The van der Waals surface area contributed by atoms with Crippen LogP contribution >= 0.6 is 0 Å². The number of fused-ring (bicyclic) bond motifs is 1. The van der Waals surface area contributed by atoms with Gasteiger partial charge in [0.25, 0.3) is 5.69 Å². The Morgan fingerprint density at radius 2 is 2.29 bits per heavy atom. The number of nitriles is 1. The molecule has 0 saturated heterocycles. The maximum Gasteiger partial charge on any atom is 0.272 e. The van der Waals surface area contributed by atoms with Crippen molar-refractivity contribution < 1.29 is 9.31 Å². The zero-order chi connectivity index (χ0) is 15.0. The van der Waals surface area contributed by atoms with E-state index in [9.17, 15) is 14.5 Å². The summed E-state index contributed by atoms with van der Waals surface area (Å²) in [5.41, 5.74) is 1.60. The molecule has 1 aliphatic rings. The van der Waals surface area contributed by atoms with Crippen LogP contribution in [0.4, 0.5) is 10.1 Å². The third-order valence-corrected chi connectivity index (χ3v) is 3.33. The number of nitrogens with zero attached hydrogens (tertiary/aromatic N) is 5. The van der Waals surface area contributed by atoms with Crippen LogP contribution in [0.25, 0.3) is 5.69 Å². The van der Waals surface area contributed by atoms with Gasteiger partial charge < -0.3 is 0 Å². The molecule has 8 heteroatoms. The molecule has 2 heterocycles. The molecule has 0 unspecified atom stereocenters. The molecule has 0 N–H and O–H groups in total. The van der Waals surface area contributed by atoms with Gasteiger partial charge in [-0.3, -0.25) is 15.0 Å². The number of non-ortho nitro benzene ring substituents is 1. The summed E-state index contributed by atoms with van der Waals surface area (Å²) in [4.78, 5) is 11.9. The molecule has 106 valence electrons. The van der Waals surface area contributed by atoms with E-state index >= 15 is 0 Å². The number of aromatic nitrogens is 2. The summed E-state index contributed by atoms with van der Waals surface area (Å²) in [6, 6.07) is 5.53. The minimum Gasteiger partial charge on any atom is -0.280 e. The van der Waals surface area contributed by atoms with E-state index in [1.165, 1.54) is 16.8 Å². The fourth-order valence-corrected chi connectivity index (χ4v) is 2.35. The quantitative estimate of drug-likeness (QED) is 0.487. The highest BCUT2D eigenvalue weighted by Crippen LogP contribution is 2.25. The van der Waals surface area contributed by atoms with Crippen molar-refractivity contribution >= 4 is 5.69 Å². The van der Waals surface area contributed by atoms with Crippen molar-refractivity contribution in [3.8, 4) is 11.8 Å². The molecule has 0 atom stereocenters. The first-order valence-electron chi connectivity index (χ1n) is 6.19. The zero-order valence-electron chi connectivity index (χ0n) is 10.9. The third-order valence-electron chi connectivity index (χ3n) is 3.33. The van der Waals surface area contributed by atoms with Gasteiger partial charge in [0.15, 0.2) is 5.82 Å². The van der Waals surface area contributed by atoms with E-state index in [-0.39, 0.29) is 11.4 Å². The van der Waals surface area contributed by atoms with Gasteiger partial charge in [0.05, 0.1) is 29.3 Å². The molecule has 2 aromatic rings. The van der Waals surface area contributed by atoms with Gasteiger partial charge >= 0.3 is 0 Å². The minimum atomic E-state index is -0.695. The SMILES string of the molecule is N#CCN1Cc2cn(-c3ccc([N+](=O)[O-])cc3F)nc2C1. The summed E-state index contributed by atoms with van der Waals surface area (Å²) in [5.74, 6) is -0.695. The Hall–Kier alpha value is -2.79. The third kappa shape index (κ3) is 2.34. The fraction of sp³-hybridized carbons (Fsp3) is 0.231. The number of rotatable bonds is 3. The Kier molecular flexibility index (Phi) is 3.12. The first-order valence-corrected chi connectivity index (χ1v) is 6.19. The Bertz CT molecular complexity index is 741. The van der Waals surface area contributed by atoms with Crippen LogP contribution in [-0.2, 0) is 13.1 Å². The van der Waals surface area contributed by atoms with Gasteiger partial charge in [-0.05, 0) is 6.07 Å². The van der Waals surface area contributed by atoms with Crippen LogP contribution in [0.1, 0.15) is 11.3 Å². The summed E-state index contributed by atoms with van der Waals surface area (Å²) in [6.45, 7) is 1.46. The van der Waals surface area contributed by atoms with Crippen molar-refractivity contribution in [1.82, 2.24) is 14.7 Å². The predicted octanol–water partition coefficient (Wildman–Crippen LogP) is 1.76. The van der Waals surface area contributed by atoms with Gasteiger partial charge in [0.1, 0.15) is 5.69 Å². The van der Waals surface area contributed by atoms with E-state index < -0.39 is 10.7 Å². The molecule has 0 saturated carbocycles. The number of benzene rings is 1. The van der Waals surface area contributed by atoms with Crippen LogP contribution in [-0.4, -0.2) is 26.1 Å². The molecule has 0 aliphatic carbocycles. The molecular formula is C13H10FN5O2. The average molecular weight is 287 g/mol.